The Kier molecular flexibility index (Phi) is 5.97. The van der Waals surface area contributed by atoms with Crippen LogP contribution >= 0.6 is 0 Å². The highest BCUT2D eigenvalue weighted by molar-refractivity contribution is 7.89. The molecule has 0 radical (unpaired) electrons. The van der Waals surface area contributed by atoms with Crippen molar-refractivity contribution in [3.63, 3.8) is 0 Å². The van der Waals surface area contributed by atoms with E-state index in [0.29, 0.717) is 11.3 Å². The fraction of sp³-hybridized carbons (Fsp3) is 0.650. The van der Waals surface area contributed by atoms with E-state index in [1.165, 1.54) is 4.31 Å². The molecule has 0 aromatic heterocycles. The maximum atomic E-state index is 13.5. The Hall–Kier alpha value is -1.60. The lowest BCUT2D eigenvalue weighted by molar-refractivity contribution is -0.144. The van der Waals surface area contributed by atoms with E-state index in [1.54, 1.807) is 24.1 Å². The number of carbonyl (C=O) groups excluding carboxylic acids is 1. The van der Waals surface area contributed by atoms with Crippen molar-refractivity contribution in [1.29, 1.82) is 0 Å². The number of ether oxygens (including phenoxy) is 1. The van der Waals surface area contributed by atoms with Crippen molar-refractivity contribution >= 4 is 15.9 Å². The summed E-state index contributed by atoms with van der Waals surface area (Å²) in [7, 11) is -2.23. The molecule has 0 bridgehead atoms. The van der Waals surface area contributed by atoms with E-state index in [0.717, 1.165) is 5.56 Å². The third-order valence-electron chi connectivity index (χ3n) is 5.08. The Labute approximate surface area is 163 Å². The number of hydrogen-bond donors (Lipinski definition) is 0. The van der Waals surface area contributed by atoms with E-state index in [9.17, 15) is 13.2 Å². The summed E-state index contributed by atoms with van der Waals surface area (Å²) in [6, 6.07) is 3.48. The zero-order valence-electron chi connectivity index (χ0n) is 17.7. The highest BCUT2D eigenvalue weighted by Gasteiger charge is 2.44. The molecule has 1 aromatic carbocycles. The number of amides is 1. The molecule has 1 saturated heterocycles. The average molecular weight is 397 g/mol. The van der Waals surface area contributed by atoms with Crippen LogP contribution in [0.3, 0.4) is 0 Å². The minimum Gasteiger partial charge on any atom is -0.496 e. The van der Waals surface area contributed by atoms with E-state index in [1.807, 2.05) is 48.5 Å². The van der Waals surface area contributed by atoms with E-state index < -0.39 is 15.6 Å². The topological polar surface area (TPSA) is 66.9 Å². The number of hydrogen-bond acceptors (Lipinski definition) is 4. The zero-order chi connectivity index (χ0) is 20.7. The lowest BCUT2D eigenvalue weighted by atomic mass is 9.98. The van der Waals surface area contributed by atoms with Gasteiger partial charge in [0.05, 0.1) is 24.1 Å². The summed E-state index contributed by atoms with van der Waals surface area (Å²) in [5, 5.41) is 0. The standard InChI is InChI=1S/C20H32N2O4S/c1-13(2)16-10-17(26-8)15(5)9-18(16)27(24,25)21-11-19(23)22(14(3)4)20(6,7)12-21/h9-10,13-14H,11-12H2,1-8H3. The molecule has 0 spiro atoms. The lowest BCUT2D eigenvalue weighted by Crippen LogP contribution is -2.64. The van der Waals surface area contributed by atoms with Gasteiger partial charge in [0.2, 0.25) is 15.9 Å². The van der Waals surface area contributed by atoms with Crippen LogP contribution in [0.1, 0.15) is 58.6 Å². The Bertz CT molecular complexity index is 829. The van der Waals surface area contributed by atoms with Crippen LogP contribution in [-0.4, -0.2) is 55.3 Å². The van der Waals surface area contributed by atoms with Crippen LogP contribution in [0.5, 0.6) is 5.75 Å². The smallest absolute Gasteiger partial charge is 0.243 e. The highest BCUT2D eigenvalue weighted by Crippen LogP contribution is 2.35. The van der Waals surface area contributed by atoms with Crippen LogP contribution in [0.4, 0.5) is 0 Å². The molecule has 152 valence electrons. The van der Waals surface area contributed by atoms with E-state index in [2.05, 4.69) is 0 Å². The number of piperazine rings is 1. The molecule has 0 saturated carbocycles. The first-order valence-electron chi connectivity index (χ1n) is 9.33. The van der Waals surface area contributed by atoms with Gasteiger partial charge in [0.15, 0.2) is 0 Å². The molecule has 0 unspecified atom stereocenters. The lowest BCUT2D eigenvalue weighted by Gasteiger charge is -2.48. The second kappa shape index (κ2) is 7.43. The molecule has 1 fully saturated rings. The van der Waals surface area contributed by atoms with Crippen molar-refractivity contribution in [1.82, 2.24) is 9.21 Å². The molecule has 7 heteroatoms. The molecule has 0 aliphatic carbocycles. The van der Waals surface area contributed by atoms with Gasteiger partial charge < -0.3 is 9.64 Å². The highest BCUT2D eigenvalue weighted by atomic mass is 32.2. The van der Waals surface area contributed by atoms with Crippen molar-refractivity contribution < 1.29 is 17.9 Å². The SMILES string of the molecule is COc1cc(C(C)C)c(S(=O)(=O)N2CC(=O)N(C(C)C)C(C)(C)C2)cc1C. The molecular weight excluding hydrogens is 364 g/mol. The molecule has 1 amide bonds. The number of benzene rings is 1. The molecule has 27 heavy (non-hydrogen) atoms. The average Bonchev–Trinajstić information content (AvgIpc) is 2.52. The first-order chi connectivity index (χ1) is 12.3. The van der Waals surface area contributed by atoms with Crippen LogP contribution in [0.2, 0.25) is 0 Å². The Morgan fingerprint density at radius 2 is 1.74 bits per heavy atom. The first-order valence-corrected chi connectivity index (χ1v) is 10.8. The third kappa shape index (κ3) is 3.99. The normalized spacial score (nSPS) is 18.4. The van der Waals surface area contributed by atoms with Gasteiger partial charge in [-0.1, -0.05) is 13.8 Å². The van der Waals surface area contributed by atoms with Gasteiger partial charge in [-0.25, -0.2) is 8.42 Å². The molecule has 0 atom stereocenters. The Balaban J connectivity index is 2.54. The van der Waals surface area contributed by atoms with Crippen molar-refractivity contribution in [2.45, 2.75) is 70.9 Å². The minimum atomic E-state index is -3.81. The van der Waals surface area contributed by atoms with Crippen molar-refractivity contribution in [2.75, 3.05) is 20.2 Å². The third-order valence-corrected chi connectivity index (χ3v) is 6.93. The van der Waals surface area contributed by atoms with Gasteiger partial charge in [0.1, 0.15) is 5.75 Å². The monoisotopic (exact) mass is 396 g/mol. The first kappa shape index (κ1) is 21.7. The van der Waals surface area contributed by atoms with Crippen LogP contribution < -0.4 is 4.74 Å². The summed E-state index contributed by atoms with van der Waals surface area (Å²) in [6.07, 6.45) is 0. The van der Waals surface area contributed by atoms with Gasteiger partial charge in [-0.05, 0) is 63.8 Å². The molecule has 2 rings (SSSR count). The molecule has 6 nitrogen and oxygen atoms in total. The fourth-order valence-electron chi connectivity index (χ4n) is 4.00. The van der Waals surface area contributed by atoms with Crippen LogP contribution in [-0.2, 0) is 14.8 Å². The fourth-order valence-corrected chi connectivity index (χ4v) is 5.96. The van der Waals surface area contributed by atoms with E-state index in [-0.39, 0.29) is 35.9 Å². The number of sulfonamides is 1. The number of rotatable bonds is 5. The minimum absolute atomic E-state index is 0.00457. The quantitative estimate of drug-likeness (QED) is 0.767. The van der Waals surface area contributed by atoms with E-state index >= 15 is 0 Å². The molecule has 1 aromatic rings. The van der Waals surface area contributed by atoms with Crippen LogP contribution in [0, 0.1) is 6.92 Å². The summed E-state index contributed by atoms with van der Waals surface area (Å²) in [5.74, 6) is 0.504. The number of nitrogens with zero attached hydrogens (tertiary/aromatic N) is 2. The van der Waals surface area contributed by atoms with Gasteiger partial charge in [0, 0.05) is 12.6 Å². The van der Waals surface area contributed by atoms with Gasteiger partial charge in [-0.2, -0.15) is 4.31 Å². The maximum absolute atomic E-state index is 13.5. The molecule has 1 heterocycles. The molecule has 1 aliphatic rings. The van der Waals surface area contributed by atoms with Gasteiger partial charge in [-0.15, -0.1) is 0 Å². The predicted molar refractivity (Wildman–Crippen MR) is 107 cm³/mol. The summed E-state index contributed by atoms with van der Waals surface area (Å²) in [5.41, 5.74) is 0.886. The van der Waals surface area contributed by atoms with Gasteiger partial charge >= 0.3 is 0 Å². The summed E-state index contributed by atoms with van der Waals surface area (Å²) in [6.45, 7) is 13.6. The van der Waals surface area contributed by atoms with Gasteiger partial charge in [0.25, 0.3) is 0 Å². The van der Waals surface area contributed by atoms with Crippen molar-refractivity contribution in [3.05, 3.63) is 23.3 Å². The molecule has 0 N–H and O–H groups in total. The molecular formula is C20H32N2O4S. The van der Waals surface area contributed by atoms with Crippen molar-refractivity contribution in [3.8, 4) is 5.75 Å². The summed E-state index contributed by atoms with van der Waals surface area (Å²) < 4.78 is 33.7. The Morgan fingerprint density at radius 1 is 1.15 bits per heavy atom. The predicted octanol–water partition coefficient (Wildman–Crippen LogP) is 3.15. The van der Waals surface area contributed by atoms with E-state index in [4.69, 9.17) is 4.74 Å². The summed E-state index contributed by atoms with van der Waals surface area (Å²) >= 11 is 0. The van der Waals surface area contributed by atoms with Crippen LogP contribution in [0.15, 0.2) is 17.0 Å². The largest absolute Gasteiger partial charge is 0.496 e. The maximum Gasteiger partial charge on any atom is 0.243 e. The van der Waals surface area contributed by atoms with Crippen molar-refractivity contribution in [2.24, 2.45) is 0 Å². The second-order valence-electron chi connectivity index (χ2n) is 8.46. The summed E-state index contributed by atoms with van der Waals surface area (Å²) in [4.78, 5) is 14.8. The Morgan fingerprint density at radius 3 is 2.19 bits per heavy atom. The molecule has 1 aliphatic heterocycles. The second-order valence-corrected chi connectivity index (χ2v) is 10.4. The number of carbonyl (C=O) groups is 1. The van der Waals surface area contributed by atoms with Gasteiger partial charge in [-0.3, -0.25) is 4.79 Å². The number of methoxy groups -OCH3 is 1. The van der Waals surface area contributed by atoms with Crippen LogP contribution in [0.25, 0.3) is 0 Å². The number of aryl methyl sites for hydroxylation is 1. The zero-order valence-corrected chi connectivity index (χ0v) is 18.5.